The van der Waals surface area contributed by atoms with E-state index in [2.05, 4.69) is 13.0 Å². The van der Waals surface area contributed by atoms with Crippen LogP contribution in [0.1, 0.15) is 44.7 Å². The van der Waals surface area contributed by atoms with Gasteiger partial charge in [0, 0.05) is 13.1 Å². The Morgan fingerprint density at radius 2 is 1.77 bits per heavy atom. The number of nitrogens with zero attached hydrogens (tertiary/aromatic N) is 2. The van der Waals surface area contributed by atoms with Crippen molar-refractivity contribution in [1.82, 2.24) is 4.90 Å². The summed E-state index contributed by atoms with van der Waals surface area (Å²) in [7, 11) is 0. The van der Waals surface area contributed by atoms with Gasteiger partial charge in [-0.2, -0.15) is 5.26 Å². The summed E-state index contributed by atoms with van der Waals surface area (Å²) < 4.78 is 17.1. The highest BCUT2D eigenvalue weighted by Crippen LogP contribution is 2.29. The van der Waals surface area contributed by atoms with E-state index in [-0.39, 0.29) is 12.5 Å². The van der Waals surface area contributed by atoms with Crippen molar-refractivity contribution in [2.75, 3.05) is 26.4 Å². The van der Waals surface area contributed by atoms with E-state index in [4.69, 9.17) is 14.2 Å². The van der Waals surface area contributed by atoms with Gasteiger partial charge in [-0.05, 0) is 49.6 Å². The summed E-state index contributed by atoms with van der Waals surface area (Å²) >= 11 is 0. The monoisotopic (exact) mass is 410 g/mol. The highest BCUT2D eigenvalue weighted by atomic mass is 16.5. The number of benzene rings is 2. The van der Waals surface area contributed by atoms with Crippen molar-refractivity contribution in [2.24, 2.45) is 0 Å². The number of hydrogen-bond donors (Lipinski definition) is 0. The zero-order chi connectivity index (χ0) is 21.8. The average Bonchev–Trinajstić information content (AvgIpc) is 2.77. The summed E-state index contributed by atoms with van der Waals surface area (Å²) in [6.45, 7) is 8.12. The molecular weight excluding hydrogens is 380 g/mol. The highest BCUT2D eigenvalue weighted by Gasteiger charge is 2.16. The SMILES string of the molecule is CCCOc1ccc(CN(CCC)C(=O)COc2ccccc2C#N)cc1OCC. The molecule has 0 N–H and O–H groups in total. The van der Waals surface area contributed by atoms with Crippen LogP contribution in [-0.4, -0.2) is 37.2 Å². The van der Waals surface area contributed by atoms with Gasteiger partial charge in [-0.3, -0.25) is 4.79 Å². The second kappa shape index (κ2) is 12.4. The number of nitriles is 1. The Morgan fingerprint density at radius 3 is 2.47 bits per heavy atom. The molecule has 1 amide bonds. The molecule has 2 aromatic carbocycles. The molecule has 6 heteroatoms. The van der Waals surface area contributed by atoms with E-state index in [1.165, 1.54) is 0 Å². The molecule has 0 aliphatic rings. The summed E-state index contributed by atoms with van der Waals surface area (Å²) in [5, 5.41) is 9.17. The van der Waals surface area contributed by atoms with Gasteiger partial charge in [0.1, 0.15) is 11.8 Å². The van der Waals surface area contributed by atoms with E-state index in [1.807, 2.05) is 32.0 Å². The maximum absolute atomic E-state index is 12.8. The fraction of sp³-hybridized carbons (Fsp3) is 0.417. The molecule has 160 valence electrons. The molecule has 0 bridgehead atoms. The van der Waals surface area contributed by atoms with Gasteiger partial charge in [-0.15, -0.1) is 0 Å². The van der Waals surface area contributed by atoms with Crippen LogP contribution in [0.2, 0.25) is 0 Å². The Bertz CT molecular complexity index is 861. The fourth-order valence-electron chi connectivity index (χ4n) is 2.95. The van der Waals surface area contributed by atoms with Crippen LogP contribution in [-0.2, 0) is 11.3 Å². The third-order valence-electron chi connectivity index (χ3n) is 4.35. The zero-order valence-corrected chi connectivity index (χ0v) is 18.0. The Labute approximate surface area is 179 Å². The van der Waals surface area contributed by atoms with Gasteiger partial charge in [-0.25, -0.2) is 0 Å². The van der Waals surface area contributed by atoms with Gasteiger partial charge < -0.3 is 19.1 Å². The predicted molar refractivity (Wildman–Crippen MR) is 116 cm³/mol. The van der Waals surface area contributed by atoms with Crippen molar-refractivity contribution >= 4 is 5.91 Å². The molecule has 0 atom stereocenters. The Morgan fingerprint density at radius 1 is 0.967 bits per heavy atom. The van der Waals surface area contributed by atoms with Gasteiger partial charge >= 0.3 is 0 Å². The third kappa shape index (κ3) is 6.70. The smallest absolute Gasteiger partial charge is 0.260 e. The van der Waals surface area contributed by atoms with Gasteiger partial charge in [-0.1, -0.05) is 32.0 Å². The lowest BCUT2D eigenvalue weighted by atomic mass is 10.1. The average molecular weight is 411 g/mol. The first kappa shape index (κ1) is 23.1. The van der Waals surface area contributed by atoms with Gasteiger partial charge in [0.2, 0.25) is 0 Å². The lowest BCUT2D eigenvalue weighted by molar-refractivity contribution is -0.134. The number of amides is 1. The largest absolute Gasteiger partial charge is 0.490 e. The van der Waals surface area contributed by atoms with Crippen LogP contribution in [0.25, 0.3) is 0 Å². The van der Waals surface area contributed by atoms with Crippen molar-refractivity contribution < 1.29 is 19.0 Å². The molecule has 0 saturated heterocycles. The van der Waals surface area contributed by atoms with Crippen LogP contribution in [0.4, 0.5) is 0 Å². The van der Waals surface area contributed by atoms with Crippen molar-refractivity contribution in [3.63, 3.8) is 0 Å². The molecule has 30 heavy (non-hydrogen) atoms. The zero-order valence-electron chi connectivity index (χ0n) is 18.0. The molecule has 6 nitrogen and oxygen atoms in total. The van der Waals surface area contributed by atoms with Crippen LogP contribution in [0.15, 0.2) is 42.5 Å². The second-order valence-electron chi connectivity index (χ2n) is 6.77. The molecule has 0 heterocycles. The van der Waals surface area contributed by atoms with E-state index in [0.29, 0.717) is 49.1 Å². The topological polar surface area (TPSA) is 71.8 Å². The quantitative estimate of drug-likeness (QED) is 0.513. The van der Waals surface area contributed by atoms with E-state index in [1.54, 1.807) is 29.2 Å². The van der Waals surface area contributed by atoms with Crippen molar-refractivity contribution in [2.45, 2.75) is 40.2 Å². The number of carbonyl (C=O) groups is 1. The molecule has 0 spiro atoms. The molecule has 0 aliphatic heterocycles. The summed E-state index contributed by atoms with van der Waals surface area (Å²) in [4.78, 5) is 14.5. The van der Waals surface area contributed by atoms with Gasteiger partial charge in [0.15, 0.2) is 18.1 Å². The van der Waals surface area contributed by atoms with Crippen molar-refractivity contribution in [3.8, 4) is 23.3 Å². The third-order valence-corrected chi connectivity index (χ3v) is 4.35. The van der Waals surface area contributed by atoms with E-state index >= 15 is 0 Å². The number of carbonyl (C=O) groups excluding carboxylic acids is 1. The maximum atomic E-state index is 12.8. The Hall–Kier alpha value is -3.20. The van der Waals surface area contributed by atoms with E-state index in [9.17, 15) is 10.1 Å². The van der Waals surface area contributed by atoms with E-state index < -0.39 is 0 Å². The van der Waals surface area contributed by atoms with Crippen molar-refractivity contribution in [3.05, 3.63) is 53.6 Å². The minimum absolute atomic E-state index is 0.116. The minimum atomic E-state index is -0.131. The number of rotatable bonds is 12. The maximum Gasteiger partial charge on any atom is 0.260 e. The molecule has 0 aromatic heterocycles. The number of para-hydroxylation sites is 1. The summed E-state index contributed by atoms with van der Waals surface area (Å²) in [5.41, 5.74) is 1.37. The molecule has 2 rings (SSSR count). The summed E-state index contributed by atoms with van der Waals surface area (Å²) in [6.07, 6.45) is 1.75. The van der Waals surface area contributed by atoms with Crippen molar-refractivity contribution in [1.29, 1.82) is 5.26 Å². The number of ether oxygens (including phenoxy) is 3. The van der Waals surface area contributed by atoms with Crippen LogP contribution in [0.3, 0.4) is 0 Å². The molecule has 0 aliphatic carbocycles. The lowest BCUT2D eigenvalue weighted by Crippen LogP contribution is -2.35. The Balaban J connectivity index is 2.09. The van der Waals surface area contributed by atoms with Gasteiger partial charge in [0.05, 0.1) is 18.8 Å². The normalized spacial score (nSPS) is 10.2. The molecule has 0 fully saturated rings. The van der Waals surface area contributed by atoms with Crippen LogP contribution in [0, 0.1) is 11.3 Å². The highest BCUT2D eigenvalue weighted by molar-refractivity contribution is 5.78. The number of hydrogen-bond acceptors (Lipinski definition) is 5. The summed E-state index contributed by atoms with van der Waals surface area (Å²) in [6, 6.07) is 14.8. The van der Waals surface area contributed by atoms with Crippen LogP contribution < -0.4 is 14.2 Å². The molecule has 0 unspecified atom stereocenters. The van der Waals surface area contributed by atoms with E-state index in [0.717, 1.165) is 18.4 Å². The molecule has 0 saturated carbocycles. The summed E-state index contributed by atoms with van der Waals surface area (Å²) in [5.74, 6) is 1.69. The first-order chi connectivity index (χ1) is 14.6. The molecule has 0 radical (unpaired) electrons. The standard InChI is InChI=1S/C24H30N2O4/c1-4-13-26(24(27)18-30-21-10-8-7-9-20(21)16-25)17-19-11-12-22(29-14-5-2)23(15-19)28-6-3/h7-12,15H,4-6,13-14,17-18H2,1-3H3. The fourth-order valence-corrected chi connectivity index (χ4v) is 2.95. The first-order valence-electron chi connectivity index (χ1n) is 10.4. The van der Waals surface area contributed by atoms with Crippen LogP contribution >= 0.6 is 0 Å². The molecule has 2 aromatic rings. The molecular formula is C24H30N2O4. The van der Waals surface area contributed by atoms with Gasteiger partial charge in [0.25, 0.3) is 5.91 Å². The Kier molecular flexibility index (Phi) is 9.53. The first-order valence-corrected chi connectivity index (χ1v) is 10.4. The van der Waals surface area contributed by atoms with Crippen LogP contribution in [0.5, 0.6) is 17.2 Å². The predicted octanol–water partition coefficient (Wildman–Crippen LogP) is 4.56. The minimum Gasteiger partial charge on any atom is -0.490 e. The lowest BCUT2D eigenvalue weighted by Gasteiger charge is -2.23. The second-order valence-corrected chi connectivity index (χ2v) is 6.77.